The van der Waals surface area contributed by atoms with Crippen molar-refractivity contribution in [2.24, 2.45) is 0 Å². The Morgan fingerprint density at radius 2 is 1.09 bits per heavy atom. The summed E-state index contributed by atoms with van der Waals surface area (Å²) < 4.78 is 26.6. The van der Waals surface area contributed by atoms with Crippen LogP contribution < -0.4 is 0 Å². The minimum atomic E-state index is -1.81. The van der Waals surface area contributed by atoms with E-state index in [0.29, 0.717) is 0 Å². The average molecular weight is 472 g/mol. The van der Waals surface area contributed by atoms with Gasteiger partial charge in [0.2, 0.25) is 0 Å². The summed E-state index contributed by atoms with van der Waals surface area (Å²) in [5.74, 6) is 0. The molecule has 15 atom stereocenters. The summed E-state index contributed by atoms with van der Waals surface area (Å²) in [7, 11) is 0. The molecule has 0 aromatic rings. The van der Waals surface area contributed by atoms with Gasteiger partial charge in [0.15, 0.2) is 18.9 Å². The first-order valence-electron chi connectivity index (χ1n) is 10.3. The Morgan fingerprint density at radius 3 is 1.72 bits per heavy atom. The molecule has 3 rings (SSSR count). The monoisotopic (exact) mass is 472 g/mol. The fraction of sp³-hybridized carbons (Fsp3) is 1.00. The standard InChI is InChI=1S/C18H32O14/c1-4-7(20)9(22)11(24)17(29-4)31-14-6(3-19)30-18(12(25)10(14)23)32-15-8(21)5(2)28-16(27)13(15)26/h4-27H,3H2,1-2H3/t4-,5+,6+,7-,8-,9+,10+,11+,12+,13+,14+,15-,16?,17-,18-/m0/s1. The van der Waals surface area contributed by atoms with Gasteiger partial charge in [-0.1, -0.05) is 0 Å². The van der Waals surface area contributed by atoms with E-state index < -0.39 is 98.7 Å². The molecular formula is C18H32O14. The zero-order valence-electron chi connectivity index (χ0n) is 17.4. The second-order valence-electron chi connectivity index (χ2n) is 8.30. The molecule has 0 spiro atoms. The molecule has 3 aliphatic heterocycles. The Balaban J connectivity index is 1.70. The van der Waals surface area contributed by atoms with Crippen LogP contribution in [-0.4, -0.2) is 145 Å². The van der Waals surface area contributed by atoms with Crippen LogP contribution >= 0.6 is 0 Å². The summed E-state index contributed by atoms with van der Waals surface area (Å²) >= 11 is 0. The molecule has 0 amide bonds. The topological polar surface area (TPSA) is 228 Å². The lowest BCUT2D eigenvalue weighted by atomic mass is 9.96. The van der Waals surface area contributed by atoms with E-state index in [9.17, 15) is 46.0 Å². The molecule has 1 unspecified atom stereocenters. The van der Waals surface area contributed by atoms with E-state index in [4.69, 9.17) is 23.7 Å². The normalized spacial score (nSPS) is 55.0. The highest BCUT2D eigenvalue weighted by Gasteiger charge is 2.52. The predicted molar refractivity (Wildman–Crippen MR) is 98.4 cm³/mol. The summed E-state index contributed by atoms with van der Waals surface area (Å²) in [4.78, 5) is 0. The van der Waals surface area contributed by atoms with Crippen LogP contribution in [0.1, 0.15) is 13.8 Å². The van der Waals surface area contributed by atoms with Crippen molar-refractivity contribution in [2.75, 3.05) is 6.61 Å². The lowest BCUT2D eigenvalue weighted by molar-refractivity contribution is -0.375. The van der Waals surface area contributed by atoms with E-state index in [1.807, 2.05) is 0 Å². The fourth-order valence-electron chi connectivity index (χ4n) is 3.94. The molecule has 3 heterocycles. The van der Waals surface area contributed by atoms with E-state index in [-0.39, 0.29) is 0 Å². The molecule has 188 valence electrons. The van der Waals surface area contributed by atoms with Crippen LogP contribution in [0.25, 0.3) is 0 Å². The number of aliphatic hydroxyl groups is 9. The van der Waals surface area contributed by atoms with Crippen LogP contribution in [0.5, 0.6) is 0 Å². The molecule has 14 nitrogen and oxygen atoms in total. The van der Waals surface area contributed by atoms with Gasteiger partial charge in [0.25, 0.3) is 0 Å². The van der Waals surface area contributed by atoms with E-state index in [1.165, 1.54) is 13.8 Å². The SMILES string of the molecule is C[C@@H]1O[C@@H](O[C@H]2[C@H](O)[C@@H](O)[C@H](O[C@H]3[C@@H](O)[C@@H](C)OC(O)[C@@H]3O)O[C@@H]2CO)[C@H](O)[C@H](O)[C@H]1O. The second-order valence-corrected chi connectivity index (χ2v) is 8.30. The van der Waals surface area contributed by atoms with Crippen molar-refractivity contribution in [3.05, 3.63) is 0 Å². The van der Waals surface area contributed by atoms with E-state index >= 15 is 0 Å². The predicted octanol–water partition coefficient (Wildman–Crippen LogP) is -5.52. The Kier molecular flexibility index (Phi) is 8.44. The van der Waals surface area contributed by atoms with Gasteiger partial charge in [-0.05, 0) is 13.8 Å². The second kappa shape index (κ2) is 10.4. The summed E-state index contributed by atoms with van der Waals surface area (Å²) in [6.07, 6.45) is -22.4. The first kappa shape index (κ1) is 26.1. The third-order valence-electron chi connectivity index (χ3n) is 6.01. The van der Waals surface area contributed by atoms with Gasteiger partial charge in [-0.3, -0.25) is 0 Å². The third-order valence-corrected chi connectivity index (χ3v) is 6.01. The number of hydrogen-bond donors (Lipinski definition) is 9. The molecule has 3 fully saturated rings. The molecule has 0 bridgehead atoms. The van der Waals surface area contributed by atoms with Crippen LogP contribution in [-0.2, 0) is 23.7 Å². The number of ether oxygens (including phenoxy) is 5. The number of aliphatic hydroxyl groups excluding tert-OH is 9. The van der Waals surface area contributed by atoms with E-state index in [0.717, 1.165) is 0 Å². The summed E-state index contributed by atoms with van der Waals surface area (Å²) in [6, 6.07) is 0. The largest absolute Gasteiger partial charge is 0.394 e. The van der Waals surface area contributed by atoms with Crippen molar-refractivity contribution >= 4 is 0 Å². The molecule has 0 aromatic carbocycles. The van der Waals surface area contributed by atoms with Gasteiger partial charge in [-0.15, -0.1) is 0 Å². The van der Waals surface area contributed by atoms with Crippen molar-refractivity contribution in [3.63, 3.8) is 0 Å². The Hall–Kier alpha value is -0.560. The lowest BCUT2D eigenvalue weighted by Gasteiger charge is -2.47. The van der Waals surface area contributed by atoms with Gasteiger partial charge in [-0.2, -0.15) is 0 Å². The summed E-state index contributed by atoms with van der Waals surface area (Å²) in [6.45, 7) is 2.10. The van der Waals surface area contributed by atoms with Crippen LogP contribution in [0.4, 0.5) is 0 Å². The highest BCUT2D eigenvalue weighted by molar-refractivity contribution is 4.95. The van der Waals surface area contributed by atoms with Crippen molar-refractivity contribution in [1.29, 1.82) is 0 Å². The van der Waals surface area contributed by atoms with Crippen LogP contribution in [0.2, 0.25) is 0 Å². The van der Waals surface area contributed by atoms with Crippen molar-refractivity contribution in [3.8, 4) is 0 Å². The van der Waals surface area contributed by atoms with Crippen molar-refractivity contribution in [2.45, 2.75) is 106 Å². The molecule has 14 heteroatoms. The van der Waals surface area contributed by atoms with Gasteiger partial charge < -0.3 is 69.6 Å². The number of rotatable bonds is 5. The quantitative estimate of drug-likeness (QED) is 0.182. The van der Waals surface area contributed by atoms with Crippen molar-refractivity contribution in [1.82, 2.24) is 0 Å². The van der Waals surface area contributed by atoms with Crippen molar-refractivity contribution < 1.29 is 69.6 Å². The lowest BCUT2D eigenvalue weighted by Crippen LogP contribution is -2.66. The third kappa shape index (κ3) is 4.94. The molecule has 0 aromatic heterocycles. The fourth-order valence-corrected chi connectivity index (χ4v) is 3.94. The first-order chi connectivity index (χ1) is 15.0. The molecule has 32 heavy (non-hydrogen) atoms. The zero-order valence-corrected chi connectivity index (χ0v) is 17.4. The summed E-state index contributed by atoms with van der Waals surface area (Å²) in [5, 5.41) is 90.6. The Labute approximate surface area is 183 Å². The first-order valence-corrected chi connectivity index (χ1v) is 10.3. The Bertz CT molecular complexity index is 594. The van der Waals surface area contributed by atoms with Gasteiger partial charge in [0, 0.05) is 0 Å². The molecule has 3 saturated heterocycles. The maximum absolute atomic E-state index is 10.6. The molecule has 3 aliphatic rings. The van der Waals surface area contributed by atoms with Crippen LogP contribution in [0.3, 0.4) is 0 Å². The molecular weight excluding hydrogens is 440 g/mol. The van der Waals surface area contributed by atoms with Gasteiger partial charge in [-0.25, -0.2) is 0 Å². The average Bonchev–Trinajstić information content (AvgIpc) is 2.76. The van der Waals surface area contributed by atoms with Gasteiger partial charge >= 0.3 is 0 Å². The van der Waals surface area contributed by atoms with Gasteiger partial charge in [0.1, 0.15) is 61.0 Å². The minimum Gasteiger partial charge on any atom is -0.394 e. The molecule has 0 saturated carbocycles. The molecule has 0 aliphatic carbocycles. The van der Waals surface area contributed by atoms with Gasteiger partial charge in [0.05, 0.1) is 18.8 Å². The molecule has 0 radical (unpaired) electrons. The maximum atomic E-state index is 10.6. The summed E-state index contributed by atoms with van der Waals surface area (Å²) in [5.41, 5.74) is 0. The Morgan fingerprint density at radius 1 is 0.562 bits per heavy atom. The smallest absolute Gasteiger partial charge is 0.187 e. The number of hydrogen-bond acceptors (Lipinski definition) is 14. The minimum absolute atomic E-state index is 0.740. The highest BCUT2D eigenvalue weighted by atomic mass is 16.7. The molecule has 9 N–H and O–H groups in total. The maximum Gasteiger partial charge on any atom is 0.187 e. The van der Waals surface area contributed by atoms with E-state index in [2.05, 4.69) is 0 Å². The highest BCUT2D eigenvalue weighted by Crippen LogP contribution is 2.31. The van der Waals surface area contributed by atoms with Crippen LogP contribution in [0, 0.1) is 0 Å². The van der Waals surface area contributed by atoms with E-state index in [1.54, 1.807) is 0 Å². The van der Waals surface area contributed by atoms with Crippen LogP contribution in [0.15, 0.2) is 0 Å². The zero-order chi connectivity index (χ0) is 23.9.